The first-order valence-electron chi connectivity index (χ1n) is 21.9. The molecule has 0 atom stereocenters. The van der Waals surface area contributed by atoms with Gasteiger partial charge in [-0.15, -0.1) is 22.7 Å². The maximum Gasteiger partial charge on any atom is 0.125 e. The lowest BCUT2D eigenvalue weighted by Gasteiger charge is -2.25. The number of aryl methyl sites for hydroxylation is 1. The molecule has 0 aliphatic carbocycles. The number of aromatic nitrogens is 3. The smallest absolute Gasteiger partial charge is 0.125 e. The van der Waals surface area contributed by atoms with Crippen molar-refractivity contribution in [1.82, 2.24) is 14.5 Å². The Bertz CT molecular complexity index is 3800. The molecule has 13 aromatic rings. The largest absolute Gasteiger partial charge is 0.310 e. The summed E-state index contributed by atoms with van der Waals surface area (Å²) in [5, 5.41) is 7.32. The summed E-state index contributed by atoms with van der Waals surface area (Å²) < 4.78 is 4.92. The summed E-state index contributed by atoms with van der Waals surface area (Å²) in [6.07, 6.45) is 3.93. The van der Waals surface area contributed by atoms with Crippen LogP contribution in [-0.2, 0) is 0 Å². The molecule has 0 radical (unpaired) electrons. The average molecular weight is 867 g/mol. The average Bonchev–Trinajstić information content (AvgIpc) is 4.04. The molecule has 0 spiro atoms. The van der Waals surface area contributed by atoms with Crippen LogP contribution in [0, 0.1) is 6.92 Å². The van der Waals surface area contributed by atoms with Gasteiger partial charge in [0.2, 0.25) is 0 Å². The lowest BCUT2D eigenvalue weighted by molar-refractivity contribution is 1.17. The van der Waals surface area contributed by atoms with Crippen LogP contribution in [-0.4, -0.2) is 14.5 Å². The van der Waals surface area contributed by atoms with E-state index in [0.717, 1.165) is 32.4 Å². The Morgan fingerprint density at radius 3 is 1.49 bits per heavy atom. The second-order valence-electron chi connectivity index (χ2n) is 16.6. The number of hydrogen-bond donors (Lipinski definition) is 0. The highest BCUT2D eigenvalue weighted by molar-refractivity contribution is 7.26. The Labute approximate surface area is 383 Å². The maximum atomic E-state index is 4.87. The molecule has 13 rings (SSSR count). The number of benzene rings is 8. The van der Waals surface area contributed by atoms with Crippen molar-refractivity contribution in [3.8, 4) is 39.1 Å². The fraction of sp³-hybridized carbons (Fsp3) is 0.0169. The van der Waals surface area contributed by atoms with Crippen LogP contribution < -0.4 is 4.90 Å². The Hall–Kier alpha value is -7.90. The van der Waals surface area contributed by atoms with Crippen molar-refractivity contribution >= 4 is 102 Å². The molecule has 0 aliphatic heterocycles. The number of anilines is 3. The first-order chi connectivity index (χ1) is 32.1. The van der Waals surface area contributed by atoms with Gasteiger partial charge in [0.25, 0.3) is 0 Å². The van der Waals surface area contributed by atoms with Gasteiger partial charge in [-0.1, -0.05) is 97.1 Å². The van der Waals surface area contributed by atoms with Crippen molar-refractivity contribution in [3.63, 3.8) is 0 Å². The predicted octanol–water partition coefficient (Wildman–Crippen LogP) is 17.1. The molecule has 5 aromatic heterocycles. The van der Waals surface area contributed by atoms with E-state index in [1.54, 1.807) is 22.7 Å². The van der Waals surface area contributed by atoms with Crippen LogP contribution in [0.4, 0.5) is 17.1 Å². The molecule has 0 aliphatic rings. The van der Waals surface area contributed by atoms with Crippen LogP contribution in [0.2, 0.25) is 0 Å². The normalized spacial score (nSPS) is 11.8. The minimum Gasteiger partial charge on any atom is -0.310 e. The number of rotatable bonds is 7. The molecule has 5 heterocycles. The monoisotopic (exact) mass is 866 g/mol. The van der Waals surface area contributed by atoms with Crippen molar-refractivity contribution in [2.45, 2.75) is 6.92 Å². The van der Waals surface area contributed by atoms with Crippen LogP contribution in [0.1, 0.15) is 5.56 Å². The van der Waals surface area contributed by atoms with E-state index in [2.05, 4.69) is 217 Å². The van der Waals surface area contributed by atoms with Gasteiger partial charge in [0, 0.05) is 76.9 Å². The second kappa shape index (κ2) is 15.1. The van der Waals surface area contributed by atoms with E-state index >= 15 is 0 Å². The zero-order chi connectivity index (χ0) is 43.0. The Morgan fingerprint density at radius 2 is 0.908 bits per heavy atom. The molecule has 8 aromatic carbocycles. The van der Waals surface area contributed by atoms with Gasteiger partial charge in [0.05, 0.1) is 11.0 Å². The van der Waals surface area contributed by atoms with Gasteiger partial charge in [0.1, 0.15) is 9.66 Å². The number of thiophene rings is 2. The van der Waals surface area contributed by atoms with E-state index in [4.69, 9.17) is 9.97 Å². The van der Waals surface area contributed by atoms with E-state index in [9.17, 15) is 0 Å². The van der Waals surface area contributed by atoms with E-state index in [1.807, 2.05) is 12.4 Å². The summed E-state index contributed by atoms with van der Waals surface area (Å²) >= 11 is 3.51. The first-order valence-corrected chi connectivity index (χ1v) is 23.5. The van der Waals surface area contributed by atoms with Crippen molar-refractivity contribution in [3.05, 3.63) is 218 Å². The standard InChI is InChI=1S/C59H38N4S2/c1-37-32-43(63-52-21-11-8-18-48(52)51-36-44(25-27-53(51)63)62(41-14-4-2-5-15-41)42-16-6-3-7-17-42)24-26-45(37)38-33-39(46-28-30-60-58-56(46)49-19-9-12-22-54(49)64-58)35-40(34-38)47-29-31-61-59-57(47)50-20-10-13-23-55(50)65-59/h2-36H,1H3. The van der Waals surface area contributed by atoms with Crippen molar-refractivity contribution in [2.75, 3.05) is 4.90 Å². The SMILES string of the molecule is Cc1cc(-n2c3ccccc3c3cc(N(c4ccccc4)c4ccccc4)ccc32)ccc1-c1cc(-c2ccnc3sc4ccccc4c23)cc(-c2ccnc3sc4ccccc4c23)c1. The van der Waals surface area contributed by atoms with Crippen LogP contribution in [0.3, 0.4) is 0 Å². The van der Waals surface area contributed by atoms with Crippen molar-refractivity contribution in [2.24, 2.45) is 0 Å². The first kappa shape index (κ1) is 37.6. The highest BCUT2D eigenvalue weighted by Crippen LogP contribution is 2.45. The molecule has 0 saturated heterocycles. The van der Waals surface area contributed by atoms with Crippen LogP contribution in [0.25, 0.3) is 101 Å². The van der Waals surface area contributed by atoms with Gasteiger partial charge in [-0.05, 0) is 149 Å². The number of fused-ring (bicyclic) bond motifs is 9. The number of para-hydroxylation sites is 3. The fourth-order valence-electron chi connectivity index (χ4n) is 9.96. The van der Waals surface area contributed by atoms with Gasteiger partial charge in [0.15, 0.2) is 0 Å². The summed E-state index contributed by atoms with van der Waals surface area (Å²) in [6, 6.07) is 72.8. The summed E-state index contributed by atoms with van der Waals surface area (Å²) in [4.78, 5) is 14.2. The van der Waals surface area contributed by atoms with Gasteiger partial charge < -0.3 is 9.47 Å². The third kappa shape index (κ3) is 6.17. The Balaban J connectivity index is 0.988. The third-order valence-electron chi connectivity index (χ3n) is 12.8. The summed E-state index contributed by atoms with van der Waals surface area (Å²) in [5.74, 6) is 0. The van der Waals surface area contributed by atoms with Crippen molar-refractivity contribution < 1.29 is 0 Å². The highest BCUT2D eigenvalue weighted by atomic mass is 32.1. The predicted molar refractivity (Wildman–Crippen MR) is 278 cm³/mol. The summed E-state index contributed by atoms with van der Waals surface area (Å²) in [6.45, 7) is 2.25. The van der Waals surface area contributed by atoms with E-state index in [0.29, 0.717) is 0 Å². The topological polar surface area (TPSA) is 34.0 Å². The zero-order valence-electron chi connectivity index (χ0n) is 35.3. The van der Waals surface area contributed by atoms with Crippen LogP contribution >= 0.6 is 22.7 Å². The Kier molecular flexibility index (Phi) is 8.76. The van der Waals surface area contributed by atoms with E-state index in [1.165, 1.54) is 91.7 Å². The third-order valence-corrected chi connectivity index (χ3v) is 15.0. The highest BCUT2D eigenvalue weighted by Gasteiger charge is 2.20. The molecule has 0 unspecified atom stereocenters. The number of nitrogens with zero attached hydrogens (tertiary/aromatic N) is 4. The number of pyridine rings is 2. The molecule has 0 amide bonds. The minimum absolute atomic E-state index is 1.05. The lowest BCUT2D eigenvalue weighted by atomic mass is 9.90. The van der Waals surface area contributed by atoms with E-state index < -0.39 is 0 Å². The summed E-state index contributed by atoms with van der Waals surface area (Å²) in [7, 11) is 0. The molecule has 65 heavy (non-hydrogen) atoms. The van der Waals surface area contributed by atoms with E-state index in [-0.39, 0.29) is 0 Å². The molecule has 0 N–H and O–H groups in total. The molecule has 4 nitrogen and oxygen atoms in total. The van der Waals surface area contributed by atoms with Crippen LogP contribution in [0.15, 0.2) is 213 Å². The van der Waals surface area contributed by atoms with Gasteiger partial charge >= 0.3 is 0 Å². The quantitative estimate of drug-likeness (QED) is 0.160. The molecular weight excluding hydrogens is 829 g/mol. The van der Waals surface area contributed by atoms with Gasteiger partial charge in [-0.25, -0.2) is 9.97 Å². The molecular formula is C59H38N4S2. The van der Waals surface area contributed by atoms with Gasteiger partial charge in [-0.2, -0.15) is 0 Å². The zero-order valence-corrected chi connectivity index (χ0v) is 36.9. The van der Waals surface area contributed by atoms with Gasteiger partial charge in [-0.3, -0.25) is 0 Å². The molecule has 0 saturated carbocycles. The second-order valence-corrected chi connectivity index (χ2v) is 18.7. The van der Waals surface area contributed by atoms with Crippen LogP contribution in [0.5, 0.6) is 0 Å². The molecule has 0 fully saturated rings. The fourth-order valence-corrected chi connectivity index (χ4v) is 12.1. The minimum atomic E-state index is 1.05. The molecule has 306 valence electrons. The Morgan fingerprint density at radius 1 is 0.400 bits per heavy atom. The molecule has 0 bridgehead atoms. The van der Waals surface area contributed by atoms with Crippen molar-refractivity contribution in [1.29, 1.82) is 0 Å². The number of hydrogen-bond acceptors (Lipinski definition) is 5. The maximum absolute atomic E-state index is 4.87. The lowest BCUT2D eigenvalue weighted by Crippen LogP contribution is -2.09. The molecule has 6 heteroatoms. The summed E-state index contributed by atoms with van der Waals surface area (Å²) in [5.41, 5.74) is 15.1.